The van der Waals surface area contributed by atoms with Crippen LogP contribution in [0.4, 0.5) is 0 Å². The minimum atomic E-state index is -0.418. The van der Waals surface area contributed by atoms with Crippen molar-refractivity contribution in [2.45, 2.75) is 53.1 Å². The number of rotatable bonds is 10. The summed E-state index contributed by atoms with van der Waals surface area (Å²) in [7, 11) is 1.55. The molecule has 0 unspecified atom stereocenters. The molecule has 1 aliphatic heterocycles. The summed E-state index contributed by atoms with van der Waals surface area (Å²) in [4.78, 5) is 38.8. The van der Waals surface area contributed by atoms with Crippen LogP contribution >= 0.6 is 0 Å². The molecule has 37 heavy (non-hydrogen) atoms. The van der Waals surface area contributed by atoms with Gasteiger partial charge in [0.25, 0.3) is 5.91 Å². The highest BCUT2D eigenvalue weighted by Crippen LogP contribution is 2.35. The minimum absolute atomic E-state index is 0.0260. The number of carbonyl (C=O) groups excluding carboxylic acids is 3. The molecule has 0 radical (unpaired) electrons. The topological polar surface area (TPSA) is 132 Å². The molecule has 0 fully saturated rings. The number of amidine groups is 1. The zero-order valence-corrected chi connectivity index (χ0v) is 22.4. The van der Waals surface area contributed by atoms with Crippen molar-refractivity contribution in [2.24, 2.45) is 0 Å². The number of ether oxygens (including phenoxy) is 1. The Hall–Kier alpha value is -3.72. The lowest BCUT2D eigenvalue weighted by Gasteiger charge is -2.24. The SMILES string of the molecule is CCOc1cc2c(cc1C(=O)NC)CN(CC(=O)c1cc(CNCC(C)=O)c(O)c(C(C)(C)C)c1)C2=N. The average molecular weight is 509 g/mol. The van der Waals surface area contributed by atoms with Gasteiger partial charge in [-0.15, -0.1) is 0 Å². The molecule has 0 saturated carbocycles. The van der Waals surface area contributed by atoms with Crippen LogP contribution in [0.15, 0.2) is 24.3 Å². The van der Waals surface area contributed by atoms with E-state index in [1.165, 1.54) is 6.92 Å². The van der Waals surface area contributed by atoms with Crippen LogP contribution in [-0.4, -0.2) is 60.1 Å². The van der Waals surface area contributed by atoms with E-state index >= 15 is 0 Å². The molecule has 0 spiro atoms. The van der Waals surface area contributed by atoms with Crippen LogP contribution in [0.5, 0.6) is 11.5 Å². The second kappa shape index (κ2) is 11.1. The lowest BCUT2D eigenvalue weighted by Crippen LogP contribution is -2.30. The number of Topliss-reactive ketones (excluding diaryl/α,β-unsaturated/α-hetero) is 2. The maximum Gasteiger partial charge on any atom is 0.254 e. The van der Waals surface area contributed by atoms with Gasteiger partial charge in [-0.1, -0.05) is 20.8 Å². The molecule has 2 aromatic carbocycles. The predicted octanol–water partition coefficient (Wildman–Crippen LogP) is 3.15. The molecule has 1 amide bonds. The third kappa shape index (κ3) is 6.17. The quantitative estimate of drug-likeness (QED) is 0.363. The number of phenolic OH excluding ortho intramolecular Hbond substituents is 1. The van der Waals surface area contributed by atoms with Crippen LogP contribution in [0.3, 0.4) is 0 Å². The number of nitrogens with one attached hydrogen (secondary N) is 3. The van der Waals surface area contributed by atoms with Gasteiger partial charge in [-0.2, -0.15) is 0 Å². The zero-order chi connectivity index (χ0) is 27.5. The van der Waals surface area contributed by atoms with Crippen LogP contribution in [0, 0.1) is 5.41 Å². The zero-order valence-electron chi connectivity index (χ0n) is 22.4. The number of hydrogen-bond donors (Lipinski definition) is 4. The van der Waals surface area contributed by atoms with E-state index in [2.05, 4.69) is 10.6 Å². The third-order valence-electron chi connectivity index (χ3n) is 6.25. The van der Waals surface area contributed by atoms with Gasteiger partial charge in [0, 0.05) is 42.4 Å². The Bertz CT molecular complexity index is 1250. The van der Waals surface area contributed by atoms with E-state index in [1.54, 1.807) is 36.2 Å². The van der Waals surface area contributed by atoms with Crippen LogP contribution in [-0.2, 0) is 23.3 Å². The number of aromatic hydroxyl groups is 1. The Morgan fingerprint density at radius 2 is 1.86 bits per heavy atom. The van der Waals surface area contributed by atoms with Crippen molar-refractivity contribution in [1.82, 2.24) is 15.5 Å². The molecular weight excluding hydrogens is 472 g/mol. The summed E-state index contributed by atoms with van der Waals surface area (Å²) in [6.45, 7) is 10.2. The molecule has 4 N–H and O–H groups in total. The maximum atomic E-state index is 13.4. The summed E-state index contributed by atoms with van der Waals surface area (Å²) in [6.07, 6.45) is 0. The first-order valence-corrected chi connectivity index (χ1v) is 12.3. The van der Waals surface area contributed by atoms with Crippen LogP contribution in [0.25, 0.3) is 0 Å². The monoisotopic (exact) mass is 508 g/mol. The Labute approximate surface area is 217 Å². The van der Waals surface area contributed by atoms with E-state index in [-0.39, 0.29) is 48.7 Å². The van der Waals surface area contributed by atoms with Crippen molar-refractivity contribution in [3.8, 4) is 11.5 Å². The van der Waals surface area contributed by atoms with Gasteiger partial charge < -0.3 is 25.4 Å². The van der Waals surface area contributed by atoms with Gasteiger partial charge in [0.2, 0.25) is 0 Å². The number of phenols is 1. The second-order valence-electron chi connectivity index (χ2n) is 10.2. The normalized spacial score (nSPS) is 12.9. The van der Waals surface area contributed by atoms with Crippen LogP contribution in [0.1, 0.15) is 77.6 Å². The maximum absolute atomic E-state index is 13.4. The molecule has 3 rings (SSSR count). The third-order valence-corrected chi connectivity index (χ3v) is 6.25. The van der Waals surface area contributed by atoms with Crippen molar-refractivity contribution in [1.29, 1.82) is 5.41 Å². The van der Waals surface area contributed by atoms with Gasteiger partial charge in [0.15, 0.2) is 5.78 Å². The van der Waals surface area contributed by atoms with Crippen LogP contribution < -0.4 is 15.4 Å². The van der Waals surface area contributed by atoms with Crippen molar-refractivity contribution in [3.05, 3.63) is 57.6 Å². The van der Waals surface area contributed by atoms with Gasteiger partial charge >= 0.3 is 0 Å². The van der Waals surface area contributed by atoms with Gasteiger partial charge in [-0.3, -0.25) is 19.8 Å². The first kappa shape index (κ1) is 27.9. The number of ketones is 2. The summed E-state index contributed by atoms with van der Waals surface area (Å²) in [5.74, 6) is 0.179. The number of hydrogen-bond acceptors (Lipinski definition) is 7. The standard InChI is InChI=1S/C28H36N4O5/c1-7-37-24-11-20-19(9-21(24)27(36)30-6)14-32(26(20)29)15-23(34)17-8-18(13-31-12-16(2)33)25(35)22(10-17)28(3,4)5/h8-11,29,31,35H,7,12-15H2,1-6H3,(H,30,36). The number of amides is 1. The Kier molecular flexibility index (Phi) is 8.38. The van der Waals surface area contributed by atoms with Crippen molar-refractivity contribution < 1.29 is 24.2 Å². The minimum Gasteiger partial charge on any atom is -0.507 e. The highest BCUT2D eigenvalue weighted by atomic mass is 16.5. The highest BCUT2D eigenvalue weighted by Gasteiger charge is 2.30. The van der Waals surface area contributed by atoms with Gasteiger partial charge in [-0.05, 0) is 49.1 Å². The molecule has 1 aliphatic rings. The smallest absolute Gasteiger partial charge is 0.254 e. The number of fused-ring (bicyclic) bond motifs is 1. The van der Waals surface area contributed by atoms with Gasteiger partial charge in [0.1, 0.15) is 23.1 Å². The summed E-state index contributed by atoms with van der Waals surface area (Å²) in [5, 5.41) is 25.2. The van der Waals surface area contributed by atoms with Crippen molar-refractivity contribution >= 4 is 23.3 Å². The van der Waals surface area contributed by atoms with Crippen molar-refractivity contribution in [2.75, 3.05) is 26.7 Å². The van der Waals surface area contributed by atoms with E-state index in [0.717, 1.165) is 5.56 Å². The lowest BCUT2D eigenvalue weighted by atomic mass is 9.83. The molecule has 2 aromatic rings. The fraction of sp³-hybridized carbons (Fsp3) is 0.429. The van der Waals surface area contributed by atoms with Crippen molar-refractivity contribution in [3.63, 3.8) is 0 Å². The number of nitrogens with zero attached hydrogens (tertiary/aromatic N) is 1. The molecule has 9 heteroatoms. The Morgan fingerprint density at radius 3 is 2.46 bits per heavy atom. The average Bonchev–Trinajstić information content (AvgIpc) is 3.12. The largest absolute Gasteiger partial charge is 0.507 e. The molecule has 1 heterocycles. The molecular formula is C28H36N4O5. The lowest BCUT2D eigenvalue weighted by molar-refractivity contribution is -0.116. The number of benzene rings is 2. The van der Waals surface area contributed by atoms with Gasteiger partial charge in [-0.25, -0.2) is 0 Å². The fourth-order valence-corrected chi connectivity index (χ4v) is 4.35. The van der Waals surface area contributed by atoms with E-state index in [0.29, 0.717) is 46.7 Å². The number of carbonyl (C=O) groups is 3. The molecule has 198 valence electrons. The summed E-state index contributed by atoms with van der Waals surface area (Å²) < 4.78 is 5.64. The van der Waals surface area contributed by atoms with E-state index in [1.807, 2.05) is 27.7 Å². The van der Waals surface area contributed by atoms with E-state index in [9.17, 15) is 19.5 Å². The summed E-state index contributed by atoms with van der Waals surface area (Å²) >= 11 is 0. The van der Waals surface area contributed by atoms with E-state index < -0.39 is 5.41 Å². The van der Waals surface area contributed by atoms with Crippen LogP contribution in [0.2, 0.25) is 0 Å². The summed E-state index contributed by atoms with van der Waals surface area (Å²) in [6, 6.07) is 6.75. The first-order valence-electron chi connectivity index (χ1n) is 12.3. The second-order valence-corrected chi connectivity index (χ2v) is 10.2. The molecule has 9 nitrogen and oxygen atoms in total. The molecule has 0 atom stereocenters. The Morgan fingerprint density at radius 1 is 1.16 bits per heavy atom. The fourth-order valence-electron chi connectivity index (χ4n) is 4.35. The first-order chi connectivity index (χ1) is 17.4. The predicted molar refractivity (Wildman–Crippen MR) is 142 cm³/mol. The summed E-state index contributed by atoms with van der Waals surface area (Å²) in [5.41, 5.74) is 2.96. The molecule has 0 saturated heterocycles. The molecule has 0 aromatic heterocycles. The molecule has 0 aliphatic carbocycles. The van der Waals surface area contributed by atoms with Gasteiger partial charge in [0.05, 0.1) is 25.3 Å². The molecule has 0 bridgehead atoms. The Balaban J connectivity index is 1.89. The van der Waals surface area contributed by atoms with E-state index in [4.69, 9.17) is 10.1 Å². The highest BCUT2D eigenvalue weighted by molar-refractivity contribution is 6.07.